The standard InChI is InChI=1S/C16H20N2O/c1-12(19)14-7-9-18(10-14)11-15-5-2-4-13-6-3-8-17-16(13)15/h2-6,8,12,14,19H,7,9-11H2,1H3. The van der Waals surface area contributed by atoms with Crippen LogP contribution in [0.15, 0.2) is 36.5 Å². The molecule has 3 heteroatoms. The average molecular weight is 256 g/mol. The maximum absolute atomic E-state index is 9.67. The second-order valence-electron chi connectivity index (χ2n) is 5.52. The predicted octanol–water partition coefficient (Wildman–Crippen LogP) is 2.44. The van der Waals surface area contributed by atoms with Gasteiger partial charge in [0.15, 0.2) is 0 Å². The molecule has 0 amide bonds. The Morgan fingerprint density at radius 2 is 2.21 bits per heavy atom. The van der Waals surface area contributed by atoms with Crippen LogP contribution in [0.1, 0.15) is 18.9 Å². The van der Waals surface area contributed by atoms with Crippen molar-refractivity contribution in [2.75, 3.05) is 13.1 Å². The van der Waals surface area contributed by atoms with Crippen molar-refractivity contribution in [1.29, 1.82) is 0 Å². The average Bonchev–Trinajstić information content (AvgIpc) is 2.88. The van der Waals surface area contributed by atoms with Crippen molar-refractivity contribution in [1.82, 2.24) is 9.88 Å². The number of fused-ring (bicyclic) bond motifs is 1. The van der Waals surface area contributed by atoms with Gasteiger partial charge in [-0.3, -0.25) is 9.88 Å². The minimum atomic E-state index is -0.198. The van der Waals surface area contributed by atoms with Crippen molar-refractivity contribution >= 4 is 10.9 Å². The molecule has 1 aromatic carbocycles. The molecular weight excluding hydrogens is 236 g/mol. The van der Waals surface area contributed by atoms with Gasteiger partial charge in [0.25, 0.3) is 0 Å². The van der Waals surface area contributed by atoms with Crippen molar-refractivity contribution in [3.63, 3.8) is 0 Å². The number of para-hydroxylation sites is 1. The zero-order valence-corrected chi connectivity index (χ0v) is 11.3. The summed E-state index contributed by atoms with van der Waals surface area (Å²) in [6, 6.07) is 10.4. The van der Waals surface area contributed by atoms with E-state index in [0.717, 1.165) is 31.6 Å². The lowest BCUT2D eigenvalue weighted by atomic mass is 10.0. The summed E-state index contributed by atoms with van der Waals surface area (Å²) in [4.78, 5) is 6.92. The van der Waals surface area contributed by atoms with Crippen LogP contribution in [0, 0.1) is 5.92 Å². The van der Waals surface area contributed by atoms with Gasteiger partial charge in [-0.05, 0) is 37.4 Å². The molecule has 3 nitrogen and oxygen atoms in total. The molecule has 100 valence electrons. The third-order valence-corrected chi connectivity index (χ3v) is 4.10. The van der Waals surface area contributed by atoms with Gasteiger partial charge in [0.1, 0.15) is 0 Å². The lowest BCUT2D eigenvalue weighted by molar-refractivity contribution is 0.127. The molecule has 19 heavy (non-hydrogen) atoms. The number of benzene rings is 1. The molecule has 2 unspecified atom stereocenters. The summed E-state index contributed by atoms with van der Waals surface area (Å²) in [7, 11) is 0. The van der Waals surface area contributed by atoms with Crippen molar-refractivity contribution in [2.45, 2.75) is 26.0 Å². The quantitative estimate of drug-likeness (QED) is 0.916. The summed E-state index contributed by atoms with van der Waals surface area (Å²) in [5.74, 6) is 0.419. The first-order chi connectivity index (χ1) is 9.24. The maximum Gasteiger partial charge on any atom is 0.0746 e. The molecule has 0 bridgehead atoms. The summed E-state index contributed by atoms with van der Waals surface area (Å²) in [6.07, 6.45) is 2.75. The fourth-order valence-corrected chi connectivity index (χ4v) is 2.94. The van der Waals surface area contributed by atoms with E-state index in [-0.39, 0.29) is 6.10 Å². The van der Waals surface area contributed by atoms with Gasteiger partial charge in [0.2, 0.25) is 0 Å². The van der Waals surface area contributed by atoms with E-state index in [9.17, 15) is 5.11 Å². The minimum Gasteiger partial charge on any atom is -0.393 e. The van der Waals surface area contributed by atoms with Gasteiger partial charge in [-0.25, -0.2) is 0 Å². The molecule has 2 aromatic rings. The van der Waals surface area contributed by atoms with Gasteiger partial charge in [0.05, 0.1) is 11.6 Å². The first kappa shape index (κ1) is 12.6. The molecular formula is C16H20N2O. The van der Waals surface area contributed by atoms with Crippen LogP contribution in [0.5, 0.6) is 0 Å². The van der Waals surface area contributed by atoms with E-state index in [2.05, 4.69) is 34.1 Å². The third-order valence-electron chi connectivity index (χ3n) is 4.10. The summed E-state index contributed by atoms with van der Waals surface area (Å²) in [5.41, 5.74) is 2.38. The lowest BCUT2D eigenvalue weighted by Crippen LogP contribution is -2.24. The van der Waals surface area contributed by atoms with Gasteiger partial charge in [-0.1, -0.05) is 24.3 Å². The fourth-order valence-electron chi connectivity index (χ4n) is 2.94. The van der Waals surface area contributed by atoms with Gasteiger partial charge < -0.3 is 5.11 Å². The highest BCUT2D eigenvalue weighted by Gasteiger charge is 2.26. The topological polar surface area (TPSA) is 36.4 Å². The Kier molecular flexibility index (Phi) is 3.49. The third kappa shape index (κ3) is 2.62. The number of hydrogen-bond acceptors (Lipinski definition) is 3. The Balaban J connectivity index is 1.79. The molecule has 1 N–H and O–H groups in total. The summed E-state index contributed by atoms with van der Waals surface area (Å²) >= 11 is 0. The molecule has 0 saturated carbocycles. The van der Waals surface area contributed by atoms with Crippen LogP contribution in [0.25, 0.3) is 10.9 Å². The first-order valence-corrected chi connectivity index (χ1v) is 6.97. The number of hydrogen-bond donors (Lipinski definition) is 1. The minimum absolute atomic E-state index is 0.198. The van der Waals surface area contributed by atoms with E-state index < -0.39 is 0 Å². The Morgan fingerprint density at radius 1 is 1.37 bits per heavy atom. The molecule has 0 aliphatic carbocycles. The zero-order chi connectivity index (χ0) is 13.2. The molecule has 2 atom stereocenters. The number of aliphatic hydroxyl groups is 1. The van der Waals surface area contributed by atoms with Crippen LogP contribution in [-0.2, 0) is 6.54 Å². The van der Waals surface area contributed by atoms with E-state index in [1.807, 2.05) is 19.2 Å². The molecule has 3 rings (SSSR count). The van der Waals surface area contributed by atoms with Gasteiger partial charge >= 0.3 is 0 Å². The number of aromatic nitrogens is 1. The second kappa shape index (κ2) is 5.27. The van der Waals surface area contributed by atoms with E-state index in [0.29, 0.717) is 5.92 Å². The molecule has 1 saturated heterocycles. The molecule has 0 radical (unpaired) electrons. The number of rotatable bonds is 3. The van der Waals surface area contributed by atoms with Crippen LogP contribution in [0.4, 0.5) is 0 Å². The number of pyridine rings is 1. The monoisotopic (exact) mass is 256 g/mol. The Morgan fingerprint density at radius 3 is 3.00 bits per heavy atom. The van der Waals surface area contributed by atoms with Crippen molar-refractivity contribution in [3.05, 3.63) is 42.1 Å². The van der Waals surface area contributed by atoms with E-state index in [4.69, 9.17) is 0 Å². The molecule has 1 aliphatic heterocycles. The number of likely N-dealkylation sites (tertiary alicyclic amines) is 1. The highest BCUT2D eigenvalue weighted by Crippen LogP contribution is 2.24. The van der Waals surface area contributed by atoms with Crippen molar-refractivity contribution in [2.24, 2.45) is 5.92 Å². The van der Waals surface area contributed by atoms with Crippen LogP contribution >= 0.6 is 0 Å². The van der Waals surface area contributed by atoms with E-state index >= 15 is 0 Å². The van der Waals surface area contributed by atoms with Crippen LogP contribution in [0.2, 0.25) is 0 Å². The lowest BCUT2D eigenvalue weighted by Gasteiger charge is -2.18. The Labute approximate surface area is 113 Å². The van der Waals surface area contributed by atoms with Gasteiger partial charge in [-0.15, -0.1) is 0 Å². The zero-order valence-electron chi connectivity index (χ0n) is 11.3. The Bertz CT molecular complexity index is 562. The van der Waals surface area contributed by atoms with E-state index in [1.54, 1.807) is 0 Å². The molecule has 1 fully saturated rings. The van der Waals surface area contributed by atoms with Crippen molar-refractivity contribution < 1.29 is 5.11 Å². The predicted molar refractivity (Wildman–Crippen MR) is 76.8 cm³/mol. The van der Waals surface area contributed by atoms with Crippen LogP contribution in [-0.4, -0.2) is 34.2 Å². The largest absolute Gasteiger partial charge is 0.393 e. The number of aliphatic hydroxyl groups excluding tert-OH is 1. The Hall–Kier alpha value is -1.45. The van der Waals surface area contributed by atoms with Crippen LogP contribution < -0.4 is 0 Å². The molecule has 1 aliphatic rings. The van der Waals surface area contributed by atoms with Gasteiger partial charge in [-0.2, -0.15) is 0 Å². The fraction of sp³-hybridized carbons (Fsp3) is 0.438. The highest BCUT2D eigenvalue weighted by atomic mass is 16.3. The maximum atomic E-state index is 9.67. The smallest absolute Gasteiger partial charge is 0.0746 e. The van der Waals surface area contributed by atoms with E-state index in [1.165, 1.54) is 10.9 Å². The van der Waals surface area contributed by atoms with Crippen molar-refractivity contribution in [3.8, 4) is 0 Å². The SMILES string of the molecule is CC(O)C1CCN(Cc2cccc3cccnc23)C1. The molecule has 1 aromatic heterocycles. The summed E-state index contributed by atoms with van der Waals surface area (Å²) in [5, 5.41) is 10.9. The normalized spacial score (nSPS) is 21.9. The van der Waals surface area contributed by atoms with Crippen LogP contribution in [0.3, 0.4) is 0 Å². The molecule has 2 heterocycles. The first-order valence-electron chi connectivity index (χ1n) is 6.97. The van der Waals surface area contributed by atoms with Gasteiger partial charge in [0, 0.05) is 24.7 Å². The summed E-state index contributed by atoms with van der Waals surface area (Å²) < 4.78 is 0. The highest BCUT2D eigenvalue weighted by molar-refractivity contribution is 5.81. The number of nitrogens with zero attached hydrogens (tertiary/aromatic N) is 2. The second-order valence-corrected chi connectivity index (χ2v) is 5.52. The summed E-state index contributed by atoms with van der Waals surface area (Å²) in [6.45, 7) is 4.88. The molecule has 0 spiro atoms.